The maximum absolute atomic E-state index is 4.63. The van der Waals surface area contributed by atoms with E-state index in [9.17, 15) is 0 Å². The number of nitrogens with one attached hydrogen (secondary N) is 2. The van der Waals surface area contributed by atoms with Crippen LogP contribution in [-0.4, -0.2) is 30.1 Å². The summed E-state index contributed by atoms with van der Waals surface area (Å²) in [5, 5.41) is 10.1. The number of hydrogen-bond acceptors (Lipinski definition) is 3. The number of guanidine groups is 1. The Morgan fingerprint density at radius 2 is 2.05 bits per heavy atom. The number of hydrogen-bond donors (Lipinski definition) is 2. The van der Waals surface area contributed by atoms with Gasteiger partial charge in [-0.15, -0.1) is 35.3 Å². The molecule has 1 aromatic heterocycles. The fraction of sp³-hybridized carbons (Fsp3) is 0.733. The van der Waals surface area contributed by atoms with Crippen molar-refractivity contribution in [1.29, 1.82) is 0 Å². The smallest absolute Gasteiger partial charge is 0.191 e. The van der Waals surface area contributed by atoms with E-state index in [1.807, 2.05) is 0 Å². The van der Waals surface area contributed by atoms with Crippen molar-refractivity contribution >= 4 is 41.3 Å². The van der Waals surface area contributed by atoms with Gasteiger partial charge in [0.2, 0.25) is 0 Å². The zero-order valence-corrected chi connectivity index (χ0v) is 16.9. The Kier molecular flexibility index (Phi) is 11.0. The minimum absolute atomic E-state index is 0. The minimum Gasteiger partial charge on any atom is -0.357 e. The van der Waals surface area contributed by atoms with Gasteiger partial charge in [0.15, 0.2) is 5.96 Å². The Morgan fingerprint density at radius 1 is 1.33 bits per heavy atom. The molecule has 1 rings (SSSR count). The van der Waals surface area contributed by atoms with Crippen LogP contribution in [0.1, 0.15) is 45.3 Å². The first-order valence-corrected chi connectivity index (χ1v) is 8.42. The van der Waals surface area contributed by atoms with Crippen LogP contribution >= 0.6 is 35.3 Å². The van der Waals surface area contributed by atoms with Gasteiger partial charge in [-0.3, -0.25) is 4.99 Å². The quantitative estimate of drug-likeness (QED) is 0.401. The first-order valence-electron chi connectivity index (χ1n) is 7.54. The van der Waals surface area contributed by atoms with E-state index in [1.54, 1.807) is 11.3 Å². The third-order valence-corrected chi connectivity index (χ3v) is 4.29. The first-order chi connectivity index (χ1) is 9.56. The highest BCUT2D eigenvalue weighted by molar-refractivity contribution is 14.0. The first kappa shape index (κ1) is 20.6. The van der Waals surface area contributed by atoms with Crippen LogP contribution in [0, 0.1) is 5.92 Å². The van der Waals surface area contributed by atoms with E-state index in [4.69, 9.17) is 0 Å². The summed E-state index contributed by atoms with van der Waals surface area (Å²) >= 11 is 1.74. The topological polar surface area (TPSA) is 49.3 Å². The summed E-state index contributed by atoms with van der Waals surface area (Å²) in [5.74, 6) is 1.49. The lowest BCUT2D eigenvalue weighted by Gasteiger charge is -2.20. The fourth-order valence-electron chi connectivity index (χ4n) is 1.61. The summed E-state index contributed by atoms with van der Waals surface area (Å²) in [6.45, 7) is 12.5. The van der Waals surface area contributed by atoms with E-state index < -0.39 is 0 Å². The van der Waals surface area contributed by atoms with E-state index in [-0.39, 0.29) is 24.0 Å². The van der Waals surface area contributed by atoms with Gasteiger partial charge in [-0.25, -0.2) is 4.98 Å². The molecule has 1 aromatic rings. The maximum Gasteiger partial charge on any atom is 0.191 e. The molecule has 0 radical (unpaired) electrons. The molecule has 0 aliphatic rings. The second-order valence-corrected chi connectivity index (χ2v) is 6.22. The van der Waals surface area contributed by atoms with Gasteiger partial charge in [-0.1, -0.05) is 20.8 Å². The van der Waals surface area contributed by atoms with Crippen molar-refractivity contribution in [2.45, 2.75) is 53.5 Å². The van der Waals surface area contributed by atoms with E-state index in [0.717, 1.165) is 37.6 Å². The molecule has 0 saturated heterocycles. The highest BCUT2D eigenvalue weighted by atomic mass is 127. The van der Waals surface area contributed by atoms with E-state index in [0.29, 0.717) is 12.0 Å². The van der Waals surface area contributed by atoms with Crippen LogP contribution in [0.25, 0.3) is 0 Å². The Balaban J connectivity index is 0.00000400. The van der Waals surface area contributed by atoms with Crippen molar-refractivity contribution in [2.24, 2.45) is 10.9 Å². The molecule has 2 N–H and O–H groups in total. The number of nitrogens with zero attached hydrogens (tertiary/aromatic N) is 2. The van der Waals surface area contributed by atoms with Crippen molar-refractivity contribution < 1.29 is 0 Å². The predicted molar refractivity (Wildman–Crippen MR) is 104 cm³/mol. The molecule has 0 bridgehead atoms. The summed E-state index contributed by atoms with van der Waals surface area (Å²) in [6.07, 6.45) is 1.92. The normalized spacial score (nSPS) is 13.0. The molecule has 0 saturated carbocycles. The number of aryl methyl sites for hydroxylation is 1. The monoisotopic (exact) mass is 424 g/mol. The van der Waals surface area contributed by atoms with Crippen molar-refractivity contribution in [3.8, 4) is 0 Å². The number of rotatable bonds is 7. The Labute approximate surface area is 150 Å². The number of aromatic nitrogens is 1. The Morgan fingerprint density at radius 3 is 2.57 bits per heavy atom. The van der Waals surface area contributed by atoms with E-state index in [2.05, 4.69) is 60.6 Å². The molecule has 1 heterocycles. The van der Waals surface area contributed by atoms with Gasteiger partial charge in [-0.2, -0.15) is 0 Å². The number of thiazole rings is 1. The van der Waals surface area contributed by atoms with Gasteiger partial charge in [0.1, 0.15) is 0 Å². The fourth-order valence-corrected chi connectivity index (χ4v) is 2.39. The SMILES string of the molecule is CCNC(=NCCc1csc(CC)n1)NC(C)C(C)C.I. The third kappa shape index (κ3) is 7.99. The zero-order valence-electron chi connectivity index (χ0n) is 13.8. The van der Waals surface area contributed by atoms with Gasteiger partial charge in [0.25, 0.3) is 0 Å². The maximum atomic E-state index is 4.63. The molecule has 0 aromatic carbocycles. The van der Waals surface area contributed by atoms with Gasteiger partial charge in [0.05, 0.1) is 10.7 Å². The lowest BCUT2D eigenvalue weighted by molar-refractivity contribution is 0.481. The molecule has 6 heteroatoms. The molecule has 0 amide bonds. The van der Waals surface area contributed by atoms with Gasteiger partial charge in [0, 0.05) is 30.9 Å². The molecular formula is C15H29IN4S. The molecule has 0 aliphatic carbocycles. The van der Waals surface area contributed by atoms with Crippen LogP contribution in [0.2, 0.25) is 0 Å². The zero-order chi connectivity index (χ0) is 15.0. The molecule has 122 valence electrons. The van der Waals surface area contributed by atoms with Crippen LogP contribution in [0.4, 0.5) is 0 Å². The summed E-state index contributed by atoms with van der Waals surface area (Å²) < 4.78 is 0. The molecule has 21 heavy (non-hydrogen) atoms. The summed E-state index contributed by atoms with van der Waals surface area (Å²) in [4.78, 5) is 9.19. The molecular weight excluding hydrogens is 395 g/mol. The van der Waals surface area contributed by atoms with Crippen LogP contribution in [0.15, 0.2) is 10.4 Å². The van der Waals surface area contributed by atoms with Gasteiger partial charge in [-0.05, 0) is 26.2 Å². The van der Waals surface area contributed by atoms with Crippen molar-refractivity contribution in [2.75, 3.05) is 13.1 Å². The lowest BCUT2D eigenvalue weighted by Crippen LogP contribution is -2.44. The summed E-state index contributed by atoms with van der Waals surface area (Å²) in [5.41, 5.74) is 1.16. The minimum atomic E-state index is 0. The highest BCUT2D eigenvalue weighted by Gasteiger charge is 2.08. The predicted octanol–water partition coefficient (Wildman–Crippen LogP) is 3.47. The van der Waals surface area contributed by atoms with E-state index >= 15 is 0 Å². The highest BCUT2D eigenvalue weighted by Crippen LogP contribution is 2.10. The van der Waals surface area contributed by atoms with E-state index in [1.165, 1.54) is 5.01 Å². The summed E-state index contributed by atoms with van der Waals surface area (Å²) in [7, 11) is 0. The van der Waals surface area contributed by atoms with Gasteiger partial charge >= 0.3 is 0 Å². The largest absolute Gasteiger partial charge is 0.357 e. The second kappa shape index (κ2) is 11.2. The molecule has 0 spiro atoms. The van der Waals surface area contributed by atoms with Crippen LogP contribution < -0.4 is 10.6 Å². The number of aliphatic imine (C=N–C) groups is 1. The second-order valence-electron chi connectivity index (χ2n) is 5.27. The third-order valence-electron chi connectivity index (χ3n) is 3.25. The summed E-state index contributed by atoms with van der Waals surface area (Å²) in [6, 6.07) is 0.416. The molecule has 1 unspecified atom stereocenters. The molecule has 1 atom stereocenters. The van der Waals surface area contributed by atoms with Crippen LogP contribution in [0.3, 0.4) is 0 Å². The molecule has 0 aliphatic heterocycles. The number of halogens is 1. The molecule has 0 fully saturated rings. The lowest BCUT2D eigenvalue weighted by atomic mass is 10.1. The van der Waals surface area contributed by atoms with Crippen molar-refractivity contribution in [3.63, 3.8) is 0 Å². The standard InChI is InChI=1S/C15H28N4S.HI/c1-6-14-19-13(10-20-14)8-9-17-15(16-7-2)18-12(5)11(3)4;/h10-12H,6-9H2,1-5H3,(H2,16,17,18);1H. The Bertz CT molecular complexity index is 418. The Hall–Kier alpha value is -0.370. The average Bonchev–Trinajstić information content (AvgIpc) is 2.86. The van der Waals surface area contributed by atoms with Crippen molar-refractivity contribution in [3.05, 3.63) is 16.1 Å². The van der Waals surface area contributed by atoms with Gasteiger partial charge < -0.3 is 10.6 Å². The van der Waals surface area contributed by atoms with Crippen LogP contribution in [0.5, 0.6) is 0 Å². The average molecular weight is 424 g/mol. The van der Waals surface area contributed by atoms with Crippen LogP contribution in [-0.2, 0) is 12.8 Å². The molecule has 4 nitrogen and oxygen atoms in total. The van der Waals surface area contributed by atoms with Crippen molar-refractivity contribution in [1.82, 2.24) is 15.6 Å².